The molecule has 1 aromatic heterocycles. The number of carbonyl (C=O) groups is 3. The molecule has 1 unspecified atom stereocenters. The Kier molecular flexibility index (Phi) is 6.10. The highest BCUT2D eigenvalue weighted by Gasteiger charge is 2.49. The van der Waals surface area contributed by atoms with Crippen molar-refractivity contribution in [1.29, 1.82) is 0 Å². The van der Waals surface area contributed by atoms with E-state index in [0.29, 0.717) is 10.6 Å². The summed E-state index contributed by atoms with van der Waals surface area (Å²) >= 11 is 11.8. The molecule has 1 atom stereocenters. The summed E-state index contributed by atoms with van der Waals surface area (Å²) < 4.78 is 0. The topological polar surface area (TPSA) is 91.4 Å². The summed E-state index contributed by atoms with van der Waals surface area (Å²) in [5.41, 5.74) is 0.569. The van der Waals surface area contributed by atoms with Gasteiger partial charge < -0.3 is 10.6 Å². The molecule has 0 spiro atoms. The Morgan fingerprint density at radius 3 is 2.55 bits per heavy atom. The van der Waals surface area contributed by atoms with Crippen molar-refractivity contribution in [2.45, 2.75) is 32.2 Å². The van der Waals surface area contributed by atoms with Crippen LogP contribution in [0.3, 0.4) is 0 Å². The van der Waals surface area contributed by atoms with Crippen molar-refractivity contribution in [1.82, 2.24) is 15.2 Å². The summed E-state index contributed by atoms with van der Waals surface area (Å²) in [6.45, 7) is 3.25. The molecule has 1 aliphatic heterocycles. The van der Waals surface area contributed by atoms with E-state index in [9.17, 15) is 14.4 Å². The molecule has 29 heavy (non-hydrogen) atoms. The lowest BCUT2D eigenvalue weighted by atomic mass is 9.91. The monoisotopic (exact) mass is 434 g/mol. The number of aryl methyl sites for hydroxylation is 1. The Balaban J connectivity index is 1.73. The van der Waals surface area contributed by atoms with Crippen molar-refractivity contribution in [2.24, 2.45) is 0 Å². The molecule has 2 N–H and O–H groups in total. The van der Waals surface area contributed by atoms with Crippen molar-refractivity contribution in [3.8, 4) is 0 Å². The molecule has 1 fully saturated rings. The number of anilines is 1. The van der Waals surface area contributed by atoms with Crippen LogP contribution in [0.2, 0.25) is 10.0 Å². The number of amides is 4. The molecule has 0 radical (unpaired) electrons. The SMILES string of the molecule is CCCc1ccc(C2(C)NC(=O)N(CC(=O)Nc3ncc(Cl)cc3Cl)C2=O)cc1. The zero-order chi connectivity index (χ0) is 21.2. The van der Waals surface area contributed by atoms with Gasteiger partial charge in [-0.2, -0.15) is 0 Å². The number of hydrogen-bond acceptors (Lipinski definition) is 4. The summed E-state index contributed by atoms with van der Waals surface area (Å²) in [5.74, 6) is -1.01. The van der Waals surface area contributed by atoms with E-state index in [0.717, 1.165) is 23.3 Å². The van der Waals surface area contributed by atoms with Gasteiger partial charge in [0.15, 0.2) is 5.82 Å². The average Bonchev–Trinajstić information content (AvgIpc) is 2.89. The zero-order valence-electron chi connectivity index (χ0n) is 16.0. The Bertz CT molecular complexity index is 965. The molecule has 152 valence electrons. The number of pyridine rings is 1. The van der Waals surface area contributed by atoms with Crippen molar-refractivity contribution in [3.05, 3.63) is 57.7 Å². The van der Waals surface area contributed by atoms with Crippen LogP contribution in [0.15, 0.2) is 36.5 Å². The van der Waals surface area contributed by atoms with Crippen LogP contribution in [0.1, 0.15) is 31.4 Å². The van der Waals surface area contributed by atoms with Crippen LogP contribution >= 0.6 is 23.2 Å². The fourth-order valence-corrected chi connectivity index (χ4v) is 3.58. The molecule has 9 heteroatoms. The van der Waals surface area contributed by atoms with Gasteiger partial charge in [-0.25, -0.2) is 9.78 Å². The summed E-state index contributed by atoms with van der Waals surface area (Å²) in [4.78, 5) is 42.5. The molecule has 0 aliphatic carbocycles. The van der Waals surface area contributed by atoms with Gasteiger partial charge in [0, 0.05) is 6.20 Å². The maximum absolute atomic E-state index is 13.0. The van der Waals surface area contributed by atoms with E-state index in [4.69, 9.17) is 23.2 Å². The van der Waals surface area contributed by atoms with E-state index in [1.165, 1.54) is 12.3 Å². The fourth-order valence-electron chi connectivity index (χ4n) is 3.15. The van der Waals surface area contributed by atoms with E-state index < -0.39 is 29.9 Å². The van der Waals surface area contributed by atoms with Gasteiger partial charge in [-0.1, -0.05) is 60.8 Å². The minimum Gasteiger partial charge on any atom is -0.319 e. The third-order valence-corrected chi connectivity index (χ3v) is 5.21. The first kappa shape index (κ1) is 21.1. The first-order chi connectivity index (χ1) is 13.7. The second kappa shape index (κ2) is 8.39. The minimum absolute atomic E-state index is 0.0994. The van der Waals surface area contributed by atoms with Crippen LogP contribution in [0.4, 0.5) is 10.6 Å². The van der Waals surface area contributed by atoms with E-state index in [2.05, 4.69) is 22.5 Å². The van der Waals surface area contributed by atoms with E-state index in [1.54, 1.807) is 6.92 Å². The largest absolute Gasteiger partial charge is 0.325 e. The normalized spacial score (nSPS) is 18.7. The molecule has 1 aliphatic rings. The van der Waals surface area contributed by atoms with Crippen molar-refractivity contribution in [3.63, 3.8) is 0 Å². The molecule has 2 aromatic rings. The van der Waals surface area contributed by atoms with Crippen LogP contribution in [-0.4, -0.2) is 34.3 Å². The first-order valence-corrected chi connectivity index (χ1v) is 9.84. The number of imide groups is 1. The lowest BCUT2D eigenvalue weighted by Crippen LogP contribution is -2.42. The number of rotatable bonds is 6. The smallest absolute Gasteiger partial charge is 0.319 e. The van der Waals surface area contributed by atoms with Crippen LogP contribution in [0.25, 0.3) is 0 Å². The quantitative estimate of drug-likeness (QED) is 0.677. The molecule has 0 saturated carbocycles. The van der Waals surface area contributed by atoms with Crippen molar-refractivity contribution >= 4 is 46.9 Å². The lowest BCUT2D eigenvalue weighted by molar-refractivity contribution is -0.133. The fraction of sp³-hybridized carbons (Fsp3) is 0.300. The highest BCUT2D eigenvalue weighted by atomic mass is 35.5. The maximum Gasteiger partial charge on any atom is 0.325 e. The highest BCUT2D eigenvalue weighted by Crippen LogP contribution is 2.29. The van der Waals surface area contributed by atoms with Gasteiger partial charge in [0.05, 0.1) is 10.0 Å². The third kappa shape index (κ3) is 4.36. The number of urea groups is 1. The standard InChI is InChI=1S/C20H20Cl2N4O3/c1-3-4-12-5-7-13(8-6-12)20(2)18(28)26(19(29)25-20)11-16(27)24-17-15(22)9-14(21)10-23-17/h5-10H,3-4,11H2,1-2H3,(H,25,29)(H,23,24,27). The number of hydrogen-bond donors (Lipinski definition) is 2. The molecule has 4 amide bonds. The summed E-state index contributed by atoms with van der Waals surface area (Å²) in [6.07, 6.45) is 3.28. The van der Waals surface area contributed by atoms with Gasteiger partial charge >= 0.3 is 6.03 Å². The second-order valence-corrected chi connectivity index (χ2v) is 7.77. The van der Waals surface area contributed by atoms with E-state index >= 15 is 0 Å². The molecule has 0 bridgehead atoms. The number of benzene rings is 1. The summed E-state index contributed by atoms with van der Waals surface area (Å²) in [7, 11) is 0. The third-order valence-electron chi connectivity index (χ3n) is 4.71. The summed E-state index contributed by atoms with van der Waals surface area (Å²) in [6, 6.07) is 8.31. The highest BCUT2D eigenvalue weighted by molar-refractivity contribution is 6.36. The summed E-state index contributed by atoms with van der Waals surface area (Å²) in [5, 5.41) is 5.64. The van der Waals surface area contributed by atoms with Gasteiger partial charge in [0.2, 0.25) is 5.91 Å². The predicted octanol–water partition coefficient (Wildman–Crippen LogP) is 3.75. The number of nitrogens with one attached hydrogen (secondary N) is 2. The molecule has 3 rings (SSSR count). The van der Waals surface area contributed by atoms with E-state index in [1.807, 2.05) is 24.3 Å². The number of aromatic nitrogens is 1. The average molecular weight is 435 g/mol. The Morgan fingerprint density at radius 1 is 1.24 bits per heavy atom. The predicted molar refractivity (Wildman–Crippen MR) is 111 cm³/mol. The van der Waals surface area contributed by atoms with Crippen LogP contribution in [0.5, 0.6) is 0 Å². The Morgan fingerprint density at radius 2 is 1.93 bits per heavy atom. The molecular weight excluding hydrogens is 415 g/mol. The zero-order valence-corrected chi connectivity index (χ0v) is 17.5. The Labute approximate surface area is 178 Å². The van der Waals surface area contributed by atoms with Gasteiger partial charge in [-0.05, 0) is 30.5 Å². The van der Waals surface area contributed by atoms with Gasteiger partial charge in [-0.3, -0.25) is 14.5 Å². The number of carbonyl (C=O) groups excluding carboxylic acids is 3. The van der Waals surface area contributed by atoms with E-state index in [-0.39, 0.29) is 10.8 Å². The minimum atomic E-state index is -1.24. The van der Waals surface area contributed by atoms with Crippen LogP contribution in [0, 0.1) is 0 Å². The molecule has 2 heterocycles. The van der Waals surface area contributed by atoms with Gasteiger partial charge in [0.1, 0.15) is 12.1 Å². The van der Waals surface area contributed by atoms with Crippen molar-refractivity contribution in [2.75, 3.05) is 11.9 Å². The molecule has 1 saturated heterocycles. The second-order valence-electron chi connectivity index (χ2n) is 6.93. The maximum atomic E-state index is 13.0. The molecular formula is C20H20Cl2N4O3. The molecule has 7 nitrogen and oxygen atoms in total. The van der Waals surface area contributed by atoms with Crippen LogP contribution < -0.4 is 10.6 Å². The molecule has 1 aromatic carbocycles. The first-order valence-electron chi connectivity index (χ1n) is 9.09. The Hall–Kier alpha value is -2.64. The number of nitrogens with zero attached hydrogens (tertiary/aromatic N) is 2. The van der Waals surface area contributed by atoms with Gasteiger partial charge in [0.25, 0.3) is 5.91 Å². The lowest BCUT2D eigenvalue weighted by Gasteiger charge is -2.22. The number of halogens is 2. The van der Waals surface area contributed by atoms with Gasteiger partial charge in [-0.15, -0.1) is 0 Å². The van der Waals surface area contributed by atoms with Crippen molar-refractivity contribution < 1.29 is 14.4 Å². The van der Waals surface area contributed by atoms with Crippen LogP contribution in [-0.2, 0) is 21.5 Å².